The molecule has 244 valence electrons. The van der Waals surface area contributed by atoms with Gasteiger partial charge in [-0.2, -0.15) is 0 Å². The SMILES string of the molecule is CCC(=O)N[C@H](Cc1ccc(NC(=O)CC2CCCCC2)cc1)C(=O)N1CCN(C(=O)OC(C)(C)C)[C@@H](Cc2ccccc2)C1. The molecule has 4 rings (SSSR count). The van der Waals surface area contributed by atoms with E-state index in [0.717, 1.165) is 29.7 Å². The first-order valence-corrected chi connectivity index (χ1v) is 16.5. The van der Waals surface area contributed by atoms with Crippen LogP contribution in [-0.4, -0.2) is 70.9 Å². The Kier molecular flexibility index (Phi) is 12.0. The second-order valence-corrected chi connectivity index (χ2v) is 13.4. The van der Waals surface area contributed by atoms with Crippen molar-refractivity contribution in [2.75, 3.05) is 25.0 Å². The smallest absolute Gasteiger partial charge is 0.410 e. The topological polar surface area (TPSA) is 108 Å². The monoisotopic (exact) mass is 618 g/mol. The summed E-state index contributed by atoms with van der Waals surface area (Å²) in [6.07, 6.45) is 7.22. The quantitative estimate of drug-likeness (QED) is 0.354. The molecule has 0 radical (unpaired) electrons. The van der Waals surface area contributed by atoms with Crippen molar-refractivity contribution in [3.63, 3.8) is 0 Å². The minimum Gasteiger partial charge on any atom is -0.444 e. The van der Waals surface area contributed by atoms with E-state index in [-0.39, 0.29) is 30.2 Å². The molecule has 9 heteroatoms. The zero-order valence-electron chi connectivity index (χ0n) is 27.3. The molecule has 2 N–H and O–H groups in total. The number of hydrogen-bond donors (Lipinski definition) is 2. The van der Waals surface area contributed by atoms with Crippen molar-refractivity contribution in [2.45, 2.75) is 103 Å². The molecule has 1 saturated heterocycles. The average molecular weight is 619 g/mol. The number of benzene rings is 2. The minimum atomic E-state index is -0.755. The van der Waals surface area contributed by atoms with Crippen LogP contribution in [0.25, 0.3) is 0 Å². The molecule has 2 aliphatic rings. The molecule has 1 aliphatic heterocycles. The number of piperazine rings is 1. The summed E-state index contributed by atoms with van der Waals surface area (Å²) in [4.78, 5) is 55.7. The van der Waals surface area contributed by atoms with Crippen LogP contribution in [0.5, 0.6) is 0 Å². The van der Waals surface area contributed by atoms with Gasteiger partial charge in [-0.05, 0) is 69.2 Å². The Hall–Kier alpha value is -3.88. The Labute approximate surface area is 268 Å². The lowest BCUT2D eigenvalue weighted by molar-refractivity contribution is -0.139. The van der Waals surface area contributed by atoms with Gasteiger partial charge in [0.15, 0.2) is 0 Å². The van der Waals surface area contributed by atoms with Gasteiger partial charge in [-0.25, -0.2) is 4.79 Å². The van der Waals surface area contributed by atoms with E-state index >= 15 is 0 Å². The van der Waals surface area contributed by atoms with Crippen LogP contribution in [0.2, 0.25) is 0 Å². The lowest BCUT2D eigenvalue weighted by Crippen LogP contribution is -2.61. The molecule has 2 aromatic carbocycles. The Balaban J connectivity index is 1.44. The van der Waals surface area contributed by atoms with Crippen LogP contribution in [0.4, 0.5) is 10.5 Å². The number of amides is 4. The maximum Gasteiger partial charge on any atom is 0.410 e. The van der Waals surface area contributed by atoms with Crippen molar-refractivity contribution in [3.05, 3.63) is 65.7 Å². The highest BCUT2D eigenvalue weighted by Gasteiger charge is 2.37. The number of nitrogens with one attached hydrogen (secondary N) is 2. The van der Waals surface area contributed by atoms with Gasteiger partial charge in [0.05, 0.1) is 6.04 Å². The molecule has 1 saturated carbocycles. The molecule has 1 heterocycles. The van der Waals surface area contributed by atoms with Gasteiger partial charge in [-0.3, -0.25) is 14.4 Å². The number of hydrogen-bond acceptors (Lipinski definition) is 5. The highest BCUT2D eigenvalue weighted by atomic mass is 16.6. The van der Waals surface area contributed by atoms with Crippen LogP contribution in [0.15, 0.2) is 54.6 Å². The van der Waals surface area contributed by atoms with Gasteiger partial charge in [0, 0.05) is 44.6 Å². The van der Waals surface area contributed by atoms with E-state index < -0.39 is 17.7 Å². The van der Waals surface area contributed by atoms with Crippen molar-refractivity contribution in [2.24, 2.45) is 5.92 Å². The van der Waals surface area contributed by atoms with E-state index in [2.05, 4.69) is 10.6 Å². The number of anilines is 1. The summed E-state index contributed by atoms with van der Waals surface area (Å²) in [5.74, 6) is 0.121. The molecular weight excluding hydrogens is 568 g/mol. The summed E-state index contributed by atoms with van der Waals surface area (Å²) in [7, 11) is 0. The Bertz CT molecular complexity index is 1280. The summed E-state index contributed by atoms with van der Waals surface area (Å²) in [5.41, 5.74) is 2.03. The van der Waals surface area contributed by atoms with Crippen LogP contribution >= 0.6 is 0 Å². The molecule has 0 unspecified atom stereocenters. The van der Waals surface area contributed by atoms with Gasteiger partial charge >= 0.3 is 6.09 Å². The molecule has 0 aromatic heterocycles. The fourth-order valence-electron chi connectivity index (χ4n) is 6.22. The lowest BCUT2D eigenvalue weighted by atomic mass is 9.87. The summed E-state index contributed by atoms with van der Waals surface area (Å²) in [5, 5.41) is 5.94. The molecule has 2 fully saturated rings. The summed E-state index contributed by atoms with van der Waals surface area (Å²) < 4.78 is 5.71. The first-order valence-electron chi connectivity index (χ1n) is 16.5. The average Bonchev–Trinajstić information content (AvgIpc) is 3.01. The maximum absolute atomic E-state index is 14.0. The van der Waals surface area contributed by atoms with E-state index in [1.165, 1.54) is 19.3 Å². The van der Waals surface area contributed by atoms with Gasteiger partial charge < -0.3 is 25.2 Å². The van der Waals surface area contributed by atoms with E-state index in [4.69, 9.17) is 4.74 Å². The zero-order chi connectivity index (χ0) is 32.4. The Morgan fingerprint density at radius 2 is 1.58 bits per heavy atom. The number of rotatable bonds is 10. The van der Waals surface area contributed by atoms with Gasteiger partial charge in [0.25, 0.3) is 0 Å². The summed E-state index contributed by atoms with van der Waals surface area (Å²) >= 11 is 0. The van der Waals surface area contributed by atoms with E-state index in [0.29, 0.717) is 44.8 Å². The van der Waals surface area contributed by atoms with E-state index in [1.54, 1.807) is 16.7 Å². The normalized spacial score (nSPS) is 18.2. The maximum atomic E-state index is 14.0. The van der Waals surface area contributed by atoms with Crippen molar-refractivity contribution in [1.29, 1.82) is 0 Å². The van der Waals surface area contributed by atoms with E-state index in [1.807, 2.05) is 75.4 Å². The number of carbonyl (C=O) groups excluding carboxylic acids is 4. The largest absolute Gasteiger partial charge is 0.444 e. The molecule has 0 spiro atoms. The predicted octanol–water partition coefficient (Wildman–Crippen LogP) is 5.72. The van der Waals surface area contributed by atoms with Gasteiger partial charge in [-0.1, -0.05) is 68.7 Å². The van der Waals surface area contributed by atoms with E-state index in [9.17, 15) is 19.2 Å². The van der Waals surface area contributed by atoms with Gasteiger partial charge in [0.2, 0.25) is 17.7 Å². The predicted molar refractivity (Wildman–Crippen MR) is 176 cm³/mol. The second kappa shape index (κ2) is 15.9. The number of carbonyl (C=O) groups is 4. The second-order valence-electron chi connectivity index (χ2n) is 13.4. The third-order valence-corrected chi connectivity index (χ3v) is 8.57. The molecular formula is C36H50N4O5. The van der Waals surface area contributed by atoms with Crippen LogP contribution in [0.3, 0.4) is 0 Å². The standard InChI is InChI=1S/C36H50N4O5/c1-5-32(41)38-31(23-28-16-18-29(19-17-28)37-33(42)24-27-14-10-7-11-15-27)34(43)39-20-21-40(35(44)45-36(2,3)4)30(25-39)22-26-12-8-6-9-13-26/h6,8-9,12-13,16-19,27,30-31H,5,7,10-11,14-15,20-25H2,1-4H3,(H,37,42)(H,38,41)/t30-,31+/m0/s1. The molecule has 45 heavy (non-hydrogen) atoms. The summed E-state index contributed by atoms with van der Waals surface area (Å²) in [6, 6.07) is 16.4. The first kappa shape index (κ1) is 34.0. The molecule has 9 nitrogen and oxygen atoms in total. The van der Waals surface area contributed by atoms with Gasteiger partial charge in [-0.15, -0.1) is 0 Å². The van der Waals surface area contributed by atoms with Crippen LogP contribution in [-0.2, 0) is 32.0 Å². The van der Waals surface area contributed by atoms with Crippen LogP contribution in [0, 0.1) is 5.92 Å². The molecule has 4 amide bonds. The summed E-state index contributed by atoms with van der Waals surface area (Å²) in [6.45, 7) is 8.30. The van der Waals surface area contributed by atoms with Crippen molar-refractivity contribution < 1.29 is 23.9 Å². The Morgan fingerprint density at radius 1 is 0.889 bits per heavy atom. The molecule has 2 atom stereocenters. The molecule has 0 bridgehead atoms. The highest BCUT2D eigenvalue weighted by molar-refractivity contribution is 5.91. The lowest BCUT2D eigenvalue weighted by Gasteiger charge is -2.42. The third kappa shape index (κ3) is 10.6. The fraction of sp³-hybridized carbons (Fsp3) is 0.556. The van der Waals surface area contributed by atoms with Crippen LogP contribution in [0.1, 0.15) is 83.8 Å². The van der Waals surface area contributed by atoms with Crippen molar-refractivity contribution >= 4 is 29.5 Å². The van der Waals surface area contributed by atoms with Crippen molar-refractivity contribution in [3.8, 4) is 0 Å². The highest BCUT2D eigenvalue weighted by Crippen LogP contribution is 2.27. The first-order chi connectivity index (χ1) is 21.5. The van der Waals surface area contributed by atoms with Crippen molar-refractivity contribution in [1.82, 2.24) is 15.1 Å². The number of nitrogens with zero attached hydrogens (tertiary/aromatic N) is 2. The zero-order valence-corrected chi connectivity index (χ0v) is 27.3. The fourth-order valence-corrected chi connectivity index (χ4v) is 6.22. The Morgan fingerprint density at radius 3 is 2.22 bits per heavy atom. The van der Waals surface area contributed by atoms with Gasteiger partial charge in [0.1, 0.15) is 11.6 Å². The third-order valence-electron chi connectivity index (χ3n) is 8.57. The number of ether oxygens (including phenoxy) is 1. The minimum absolute atomic E-state index is 0.0356. The van der Waals surface area contributed by atoms with Crippen LogP contribution < -0.4 is 10.6 Å². The molecule has 2 aromatic rings. The molecule has 1 aliphatic carbocycles.